The number of hydrogen-bond acceptors (Lipinski definition) is 5. The summed E-state index contributed by atoms with van der Waals surface area (Å²) in [7, 11) is 1.55. The molecule has 4 N–H and O–H groups in total. The number of ether oxygens (including phenoxy) is 2. The van der Waals surface area contributed by atoms with Crippen molar-refractivity contribution in [2.75, 3.05) is 25.5 Å². The van der Waals surface area contributed by atoms with Gasteiger partial charge in [-0.25, -0.2) is 9.59 Å². The Bertz CT molecular complexity index is 683. The van der Waals surface area contributed by atoms with Gasteiger partial charge in [0, 0.05) is 18.8 Å². The lowest BCUT2D eigenvalue weighted by molar-refractivity contribution is 0.0563. The number of benzene rings is 1. The number of alkyl carbamates (subject to hydrolysis) is 1. The first-order valence-electron chi connectivity index (χ1n) is 8.59. The fraction of sp³-hybridized carbons (Fsp3) is 0.500. The minimum absolute atomic E-state index is 0.251. The summed E-state index contributed by atoms with van der Waals surface area (Å²) in [6.07, 6.45) is -1.24. The molecule has 0 aliphatic heterocycles. The molecule has 9 nitrogen and oxygen atoms in total. The van der Waals surface area contributed by atoms with Gasteiger partial charge in [0.25, 0.3) is 0 Å². The monoisotopic (exact) mass is 380 g/mol. The first-order chi connectivity index (χ1) is 12.6. The number of methoxy groups -OCH3 is 1. The maximum absolute atomic E-state index is 12.0. The smallest absolute Gasteiger partial charge is 0.414 e. The lowest BCUT2D eigenvalue weighted by Crippen LogP contribution is -2.40. The third-order valence-corrected chi connectivity index (χ3v) is 3.15. The average Bonchev–Trinajstić information content (AvgIpc) is 2.53. The number of anilines is 1. The summed E-state index contributed by atoms with van der Waals surface area (Å²) in [6.45, 7) is 7.88. The molecule has 9 heteroatoms. The van der Waals surface area contributed by atoms with E-state index in [4.69, 9.17) is 14.6 Å². The largest absolute Gasteiger partial charge is 0.496 e. The Morgan fingerprint density at radius 3 is 2.52 bits per heavy atom. The summed E-state index contributed by atoms with van der Waals surface area (Å²) in [6, 6.07) is 5.34. The Hall–Kier alpha value is -2.97. The highest BCUT2D eigenvalue weighted by Crippen LogP contribution is 2.23. The van der Waals surface area contributed by atoms with Gasteiger partial charge in [0.1, 0.15) is 11.4 Å². The predicted octanol–water partition coefficient (Wildman–Crippen LogP) is 2.82. The van der Waals surface area contributed by atoms with Crippen molar-refractivity contribution in [3.63, 3.8) is 0 Å². The molecule has 0 saturated heterocycles. The number of guanidine groups is 1. The topological polar surface area (TPSA) is 121 Å². The average molecular weight is 380 g/mol. The van der Waals surface area contributed by atoms with Crippen LogP contribution < -0.4 is 20.7 Å². The minimum atomic E-state index is -1.08. The van der Waals surface area contributed by atoms with Gasteiger partial charge in [-0.05, 0) is 57.9 Å². The van der Waals surface area contributed by atoms with E-state index in [0.29, 0.717) is 24.4 Å². The predicted molar refractivity (Wildman–Crippen MR) is 104 cm³/mol. The molecule has 0 aliphatic rings. The van der Waals surface area contributed by atoms with Gasteiger partial charge < -0.3 is 25.2 Å². The van der Waals surface area contributed by atoms with Crippen LogP contribution in [-0.2, 0) is 11.2 Å². The standard InChI is InChI=1S/C18H28N4O5/c1-6-19-15(22-17(25)27-18(2,3)4)21-13-7-8-14(26-5)12(11-13)9-10-20-16(23)24/h7-8,11,20H,6,9-10H2,1-5H3,(H,23,24)(H2,19,21,22,25). The number of rotatable bonds is 6. The van der Waals surface area contributed by atoms with E-state index in [0.717, 1.165) is 5.56 Å². The molecule has 27 heavy (non-hydrogen) atoms. The van der Waals surface area contributed by atoms with Gasteiger partial charge in [-0.15, -0.1) is 0 Å². The third-order valence-electron chi connectivity index (χ3n) is 3.15. The molecule has 0 radical (unpaired) electrons. The fourth-order valence-corrected chi connectivity index (χ4v) is 2.16. The van der Waals surface area contributed by atoms with E-state index in [1.165, 1.54) is 0 Å². The summed E-state index contributed by atoms with van der Waals surface area (Å²) >= 11 is 0. The molecule has 1 aromatic carbocycles. The number of carboxylic acid groups (broad SMARTS) is 1. The summed E-state index contributed by atoms with van der Waals surface area (Å²) in [5.74, 6) is 0.897. The number of amides is 2. The molecule has 0 atom stereocenters. The quantitative estimate of drug-likeness (QED) is 0.445. The Balaban J connectivity index is 2.87. The zero-order valence-corrected chi connectivity index (χ0v) is 16.4. The van der Waals surface area contributed by atoms with Crippen LogP contribution in [0.1, 0.15) is 33.3 Å². The van der Waals surface area contributed by atoms with Crippen molar-refractivity contribution in [1.82, 2.24) is 10.6 Å². The van der Waals surface area contributed by atoms with Gasteiger partial charge in [0.15, 0.2) is 0 Å². The molecule has 0 bridgehead atoms. The molecule has 0 spiro atoms. The van der Waals surface area contributed by atoms with Crippen LogP contribution in [0.25, 0.3) is 0 Å². The summed E-state index contributed by atoms with van der Waals surface area (Å²) < 4.78 is 10.5. The van der Waals surface area contributed by atoms with Crippen molar-refractivity contribution in [3.8, 4) is 5.75 Å². The molecule has 0 saturated carbocycles. The highest BCUT2D eigenvalue weighted by molar-refractivity contribution is 6.02. The highest BCUT2D eigenvalue weighted by atomic mass is 16.6. The summed E-state index contributed by atoms with van der Waals surface area (Å²) in [4.78, 5) is 26.8. The molecule has 1 rings (SSSR count). The van der Waals surface area contributed by atoms with Gasteiger partial charge in [-0.3, -0.25) is 10.3 Å². The second kappa shape index (κ2) is 10.2. The number of carbonyl (C=O) groups is 2. The lowest BCUT2D eigenvalue weighted by Gasteiger charge is -2.20. The second-order valence-electron chi connectivity index (χ2n) is 6.58. The van der Waals surface area contributed by atoms with Crippen LogP contribution in [0.3, 0.4) is 0 Å². The molecule has 0 heterocycles. The van der Waals surface area contributed by atoms with E-state index in [1.807, 2.05) is 13.0 Å². The van der Waals surface area contributed by atoms with Crippen LogP contribution in [0, 0.1) is 0 Å². The highest BCUT2D eigenvalue weighted by Gasteiger charge is 2.17. The van der Waals surface area contributed by atoms with Crippen LogP contribution in [0.4, 0.5) is 15.3 Å². The first kappa shape index (κ1) is 22.1. The van der Waals surface area contributed by atoms with Gasteiger partial charge >= 0.3 is 12.2 Å². The Morgan fingerprint density at radius 2 is 1.96 bits per heavy atom. The Labute approximate surface area is 159 Å². The van der Waals surface area contributed by atoms with Crippen LogP contribution in [-0.4, -0.2) is 49.1 Å². The van der Waals surface area contributed by atoms with E-state index >= 15 is 0 Å². The van der Waals surface area contributed by atoms with Gasteiger partial charge in [-0.2, -0.15) is 0 Å². The van der Waals surface area contributed by atoms with E-state index < -0.39 is 17.8 Å². The van der Waals surface area contributed by atoms with Gasteiger partial charge in [0.2, 0.25) is 5.96 Å². The molecule has 2 amide bonds. The lowest BCUT2D eigenvalue weighted by atomic mass is 10.1. The molecular formula is C18H28N4O5. The van der Waals surface area contributed by atoms with Gasteiger partial charge in [0.05, 0.1) is 7.11 Å². The fourth-order valence-electron chi connectivity index (χ4n) is 2.16. The van der Waals surface area contributed by atoms with E-state index in [9.17, 15) is 9.59 Å². The zero-order valence-electron chi connectivity index (χ0n) is 16.4. The number of aliphatic imine (C=N–C) groups is 1. The molecule has 150 valence electrons. The maximum atomic E-state index is 12.0. The van der Waals surface area contributed by atoms with Crippen LogP contribution in [0.15, 0.2) is 23.2 Å². The van der Waals surface area contributed by atoms with Crippen molar-refractivity contribution in [1.29, 1.82) is 0 Å². The maximum Gasteiger partial charge on any atom is 0.414 e. The molecular weight excluding hydrogens is 352 g/mol. The van der Waals surface area contributed by atoms with Crippen molar-refractivity contribution in [2.24, 2.45) is 4.99 Å². The molecule has 0 aromatic heterocycles. The minimum Gasteiger partial charge on any atom is -0.496 e. The third kappa shape index (κ3) is 8.80. The number of hydrogen-bond donors (Lipinski definition) is 4. The van der Waals surface area contributed by atoms with Crippen LogP contribution in [0.2, 0.25) is 0 Å². The molecule has 0 unspecified atom stereocenters. The summed E-state index contributed by atoms with van der Waals surface area (Å²) in [5, 5.41) is 16.6. The van der Waals surface area contributed by atoms with Crippen molar-refractivity contribution < 1.29 is 24.2 Å². The van der Waals surface area contributed by atoms with Gasteiger partial charge in [-0.1, -0.05) is 0 Å². The first-order valence-corrected chi connectivity index (χ1v) is 8.59. The van der Waals surface area contributed by atoms with Crippen LogP contribution in [0.5, 0.6) is 5.75 Å². The van der Waals surface area contributed by atoms with Crippen LogP contribution >= 0.6 is 0 Å². The van der Waals surface area contributed by atoms with E-state index in [-0.39, 0.29) is 12.5 Å². The molecule has 0 fully saturated rings. The number of nitrogens with zero attached hydrogens (tertiary/aromatic N) is 1. The number of nitrogens with one attached hydrogen (secondary N) is 3. The van der Waals surface area contributed by atoms with E-state index in [2.05, 4.69) is 20.9 Å². The summed E-state index contributed by atoms with van der Waals surface area (Å²) in [5.41, 5.74) is 0.861. The normalized spacial score (nSPS) is 11.5. The second-order valence-corrected chi connectivity index (χ2v) is 6.58. The van der Waals surface area contributed by atoms with Crippen molar-refractivity contribution in [3.05, 3.63) is 23.8 Å². The van der Waals surface area contributed by atoms with Crippen molar-refractivity contribution in [2.45, 2.75) is 39.7 Å². The van der Waals surface area contributed by atoms with E-state index in [1.54, 1.807) is 40.0 Å². The Morgan fingerprint density at radius 1 is 1.26 bits per heavy atom. The van der Waals surface area contributed by atoms with Crippen molar-refractivity contribution >= 4 is 23.8 Å². The molecule has 1 aromatic rings. The SMILES string of the molecule is CCN=C(NC(=O)OC(C)(C)C)Nc1ccc(OC)c(CCNC(=O)O)c1. The Kier molecular flexibility index (Phi) is 8.37. The molecule has 0 aliphatic carbocycles. The number of carbonyl (C=O) groups excluding carboxylic acids is 1. The zero-order chi connectivity index (χ0) is 20.4.